The maximum Gasteiger partial charge on any atom is 0.159 e. The van der Waals surface area contributed by atoms with Crippen molar-refractivity contribution in [2.45, 2.75) is 70.8 Å². The first-order valence-electron chi connectivity index (χ1n) is 7.37. The molecule has 3 atom stereocenters. The van der Waals surface area contributed by atoms with E-state index in [0.717, 1.165) is 6.42 Å². The summed E-state index contributed by atoms with van der Waals surface area (Å²) < 4.78 is 21.0. The summed E-state index contributed by atoms with van der Waals surface area (Å²) in [5, 5.41) is 38.7. The largest absolute Gasteiger partial charge is 0.393 e. The zero-order chi connectivity index (χ0) is 15.3. The van der Waals surface area contributed by atoms with Gasteiger partial charge in [0.1, 0.15) is 0 Å². The van der Waals surface area contributed by atoms with Crippen molar-refractivity contribution >= 4 is 0 Å². The Labute approximate surface area is 102 Å². The number of hydrogen-bond donors (Lipinski definition) is 4. The fraction of sp³-hybridized carbons (Fsp3) is 1.00. The average molecular weight is 237 g/mol. The Bertz CT molecular complexity index is 256. The quantitative estimate of drug-likeness (QED) is 0.475. The molecule has 0 fully saturated rings. The maximum atomic E-state index is 9.97. The van der Waals surface area contributed by atoms with Gasteiger partial charge in [0.05, 0.1) is 12.2 Å². The van der Waals surface area contributed by atoms with E-state index >= 15 is 0 Å². The molecule has 0 rings (SSSR count). The highest BCUT2D eigenvalue weighted by Crippen LogP contribution is 2.22. The molecule has 0 saturated carbocycles. The molecule has 0 radical (unpaired) electrons. The van der Waals surface area contributed by atoms with E-state index in [1.54, 1.807) is 0 Å². The molecule has 0 aliphatic heterocycles. The van der Waals surface area contributed by atoms with Crippen LogP contribution in [0.2, 0.25) is 0 Å². The van der Waals surface area contributed by atoms with E-state index in [2.05, 4.69) is 0 Å². The van der Waals surface area contributed by atoms with Gasteiger partial charge >= 0.3 is 0 Å². The Kier molecular flexibility index (Phi) is 4.95. The Balaban J connectivity index is 4.47. The summed E-state index contributed by atoms with van der Waals surface area (Å²) in [5.41, 5.74) is 0. The number of rotatable bonds is 8. The predicted octanol–water partition coefficient (Wildman–Crippen LogP) is 1.02. The molecule has 98 valence electrons. The van der Waals surface area contributed by atoms with Crippen LogP contribution in [0.1, 0.15) is 56.9 Å². The van der Waals surface area contributed by atoms with Crippen molar-refractivity contribution in [1.82, 2.24) is 0 Å². The molecule has 16 heavy (non-hydrogen) atoms. The zero-order valence-corrected chi connectivity index (χ0v) is 10.1. The highest BCUT2D eigenvalue weighted by Gasteiger charge is 2.26. The smallest absolute Gasteiger partial charge is 0.159 e. The topological polar surface area (TPSA) is 80.9 Å². The molecule has 0 aliphatic carbocycles. The maximum absolute atomic E-state index is 9.97. The third-order valence-corrected chi connectivity index (χ3v) is 2.83. The third kappa shape index (κ3) is 6.43. The van der Waals surface area contributed by atoms with Gasteiger partial charge < -0.3 is 20.4 Å². The lowest BCUT2D eigenvalue weighted by atomic mass is 9.87. The van der Waals surface area contributed by atoms with E-state index in [9.17, 15) is 20.4 Å². The van der Waals surface area contributed by atoms with Gasteiger partial charge in [0.25, 0.3) is 0 Å². The van der Waals surface area contributed by atoms with Gasteiger partial charge in [-0.25, -0.2) is 0 Å². The normalized spacial score (nSPS) is 21.8. The molecule has 0 bridgehead atoms. The number of aliphatic hydroxyl groups is 4. The highest BCUT2D eigenvalue weighted by molar-refractivity contribution is 4.76. The lowest BCUT2D eigenvalue weighted by molar-refractivity contribution is -0.156. The van der Waals surface area contributed by atoms with Gasteiger partial charge in [0.15, 0.2) is 5.79 Å². The van der Waals surface area contributed by atoms with Crippen LogP contribution in [0.4, 0.5) is 0 Å². The van der Waals surface area contributed by atoms with Crippen molar-refractivity contribution in [3.8, 4) is 0 Å². The van der Waals surface area contributed by atoms with Crippen LogP contribution < -0.4 is 0 Å². The Hall–Kier alpha value is -0.160. The summed E-state index contributed by atoms with van der Waals surface area (Å²) in [6.45, 7) is 0.835. The first-order chi connectivity index (χ1) is 8.56. The van der Waals surface area contributed by atoms with Crippen molar-refractivity contribution < 1.29 is 24.5 Å². The van der Waals surface area contributed by atoms with Crippen molar-refractivity contribution in [2.24, 2.45) is 5.92 Å². The number of hydrogen-bond acceptors (Lipinski definition) is 4. The average Bonchev–Trinajstić information content (AvgIpc) is 2.26. The van der Waals surface area contributed by atoms with Gasteiger partial charge in [-0.2, -0.15) is 0 Å². The SMILES string of the molecule is [2H]C([2H])([2H])C(O)(O)CCC(O)C(CC)C(O)CCC. The predicted molar refractivity (Wildman–Crippen MR) is 62.8 cm³/mol. The summed E-state index contributed by atoms with van der Waals surface area (Å²) in [5.74, 6) is -3.19. The van der Waals surface area contributed by atoms with Crippen LogP contribution in [-0.2, 0) is 0 Å². The fourth-order valence-electron chi connectivity index (χ4n) is 1.87. The molecule has 0 aromatic rings. The van der Waals surface area contributed by atoms with Crippen LogP contribution in [0, 0.1) is 5.92 Å². The molecule has 3 unspecified atom stereocenters. The van der Waals surface area contributed by atoms with Crippen molar-refractivity contribution in [3.05, 3.63) is 0 Å². The molecule has 0 saturated heterocycles. The van der Waals surface area contributed by atoms with E-state index in [1.165, 1.54) is 0 Å². The second kappa shape index (κ2) is 7.22. The van der Waals surface area contributed by atoms with Gasteiger partial charge in [-0.05, 0) is 26.1 Å². The van der Waals surface area contributed by atoms with Crippen LogP contribution in [0.25, 0.3) is 0 Å². The van der Waals surface area contributed by atoms with Crippen LogP contribution in [0.3, 0.4) is 0 Å². The third-order valence-electron chi connectivity index (χ3n) is 2.83. The summed E-state index contributed by atoms with van der Waals surface area (Å²) in [6, 6.07) is 0. The molecule has 0 aromatic heterocycles. The molecular formula is C12H26O4. The Morgan fingerprint density at radius 3 is 2.12 bits per heavy atom. The van der Waals surface area contributed by atoms with Gasteiger partial charge in [0.2, 0.25) is 0 Å². The molecule has 0 spiro atoms. The minimum absolute atomic E-state index is 0.0787. The molecule has 0 heterocycles. The summed E-state index contributed by atoms with van der Waals surface area (Å²) in [7, 11) is 0. The first-order valence-corrected chi connectivity index (χ1v) is 5.87. The van der Waals surface area contributed by atoms with Gasteiger partial charge in [-0.15, -0.1) is 0 Å². The molecule has 0 aliphatic rings. The minimum Gasteiger partial charge on any atom is -0.393 e. The van der Waals surface area contributed by atoms with E-state index in [4.69, 9.17) is 4.11 Å². The van der Waals surface area contributed by atoms with Gasteiger partial charge in [-0.1, -0.05) is 20.3 Å². The number of aliphatic hydroxyl groups excluding tert-OH is 2. The minimum atomic E-state index is -2.91. The summed E-state index contributed by atoms with van der Waals surface area (Å²) in [6.07, 6.45) is -0.274. The molecule has 4 N–H and O–H groups in total. The van der Waals surface area contributed by atoms with E-state index in [-0.39, 0.29) is 12.3 Å². The van der Waals surface area contributed by atoms with Crippen molar-refractivity contribution in [2.75, 3.05) is 0 Å². The first kappa shape index (κ1) is 11.0. The van der Waals surface area contributed by atoms with Crippen LogP contribution in [0.5, 0.6) is 0 Å². The second-order valence-corrected chi connectivity index (χ2v) is 4.35. The Morgan fingerprint density at radius 2 is 1.69 bits per heavy atom. The highest BCUT2D eigenvalue weighted by atomic mass is 16.5. The molecule has 0 amide bonds. The van der Waals surface area contributed by atoms with Gasteiger partial charge in [-0.3, -0.25) is 0 Å². The summed E-state index contributed by atoms with van der Waals surface area (Å²) >= 11 is 0. The van der Waals surface area contributed by atoms with E-state index < -0.39 is 31.3 Å². The monoisotopic (exact) mass is 237 g/mol. The van der Waals surface area contributed by atoms with Crippen molar-refractivity contribution in [1.29, 1.82) is 0 Å². The van der Waals surface area contributed by atoms with E-state index in [0.29, 0.717) is 12.8 Å². The van der Waals surface area contributed by atoms with Crippen molar-refractivity contribution in [3.63, 3.8) is 0 Å². The van der Waals surface area contributed by atoms with Crippen LogP contribution >= 0.6 is 0 Å². The van der Waals surface area contributed by atoms with E-state index in [1.807, 2.05) is 13.8 Å². The van der Waals surface area contributed by atoms with Crippen LogP contribution in [-0.4, -0.2) is 38.4 Å². The standard InChI is InChI=1S/C12H26O4/c1-4-6-10(13)9(5-2)11(14)7-8-12(3,15)16/h9-11,13-16H,4-8H2,1-3H3/i3D3. The molecule has 0 aromatic carbocycles. The molecule has 4 nitrogen and oxygen atoms in total. The molecule has 4 heteroatoms. The van der Waals surface area contributed by atoms with Gasteiger partial charge in [0, 0.05) is 16.5 Å². The summed E-state index contributed by atoms with van der Waals surface area (Å²) in [4.78, 5) is 0. The lowest BCUT2D eigenvalue weighted by Gasteiger charge is -2.28. The molecular weight excluding hydrogens is 208 g/mol. The lowest BCUT2D eigenvalue weighted by Crippen LogP contribution is -2.33. The zero-order valence-electron chi connectivity index (χ0n) is 13.1. The second-order valence-electron chi connectivity index (χ2n) is 4.35. The Morgan fingerprint density at radius 1 is 1.12 bits per heavy atom. The fourth-order valence-corrected chi connectivity index (χ4v) is 1.87. The van der Waals surface area contributed by atoms with Crippen LogP contribution in [0.15, 0.2) is 0 Å².